The standard InChI is InChI=1S/C18H33NOS/c1-15(2)10-16(3,4)12-18(19,11-15)14-5-7-20-17(9-14)6-8-21-13-17/h14H,5-13,19H2,1-4H3. The zero-order valence-corrected chi connectivity index (χ0v) is 15.2. The summed E-state index contributed by atoms with van der Waals surface area (Å²) >= 11 is 2.06. The van der Waals surface area contributed by atoms with Crippen molar-refractivity contribution in [2.75, 3.05) is 18.1 Å². The van der Waals surface area contributed by atoms with E-state index in [1.807, 2.05) is 0 Å². The van der Waals surface area contributed by atoms with Gasteiger partial charge in [0.1, 0.15) is 0 Å². The van der Waals surface area contributed by atoms with Crippen LogP contribution in [0.25, 0.3) is 0 Å². The van der Waals surface area contributed by atoms with Gasteiger partial charge < -0.3 is 10.5 Å². The van der Waals surface area contributed by atoms with Crippen molar-refractivity contribution >= 4 is 11.8 Å². The molecule has 2 atom stereocenters. The number of rotatable bonds is 1. The van der Waals surface area contributed by atoms with Gasteiger partial charge in [0.15, 0.2) is 0 Å². The van der Waals surface area contributed by atoms with Crippen LogP contribution in [-0.4, -0.2) is 29.3 Å². The molecule has 122 valence electrons. The van der Waals surface area contributed by atoms with Crippen molar-refractivity contribution in [2.24, 2.45) is 22.5 Å². The van der Waals surface area contributed by atoms with E-state index in [1.165, 1.54) is 43.6 Å². The van der Waals surface area contributed by atoms with Crippen molar-refractivity contribution in [2.45, 2.75) is 77.4 Å². The summed E-state index contributed by atoms with van der Waals surface area (Å²) in [5, 5.41) is 0. The fourth-order valence-electron chi connectivity index (χ4n) is 5.94. The van der Waals surface area contributed by atoms with Crippen molar-refractivity contribution in [3.63, 3.8) is 0 Å². The van der Waals surface area contributed by atoms with Crippen LogP contribution in [0.2, 0.25) is 0 Å². The smallest absolute Gasteiger partial charge is 0.0783 e. The van der Waals surface area contributed by atoms with E-state index < -0.39 is 0 Å². The number of hydrogen-bond acceptors (Lipinski definition) is 3. The fourth-order valence-corrected chi connectivity index (χ4v) is 7.31. The van der Waals surface area contributed by atoms with E-state index in [0.29, 0.717) is 16.7 Å². The van der Waals surface area contributed by atoms with Gasteiger partial charge in [0.05, 0.1) is 5.60 Å². The molecular formula is C18H33NOS. The molecular weight excluding hydrogens is 278 g/mol. The number of hydrogen-bond donors (Lipinski definition) is 1. The molecule has 3 aliphatic rings. The first-order valence-electron chi connectivity index (χ1n) is 8.65. The molecule has 3 fully saturated rings. The zero-order valence-electron chi connectivity index (χ0n) is 14.3. The molecule has 2 aliphatic heterocycles. The molecule has 2 unspecified atom stereocenters. The first-order chi connectivity index (χ1) is 9.64. The van der Waals surface area contributed by atoms with Gasteiger partial charge in [-0.3, -0.25) is 0 Å². The summed E-state index contributed by atoms with van der Waals surface area (Å²) < 4.78 is 6.22. The predicted octanol–water partition coefficient (Wildman–Crippen LogP) is 4.22. The molecule has 0 aromatic rings. The first-order valence-corrected chi connectivity index (χ1v) is 9.80. The quantitative estimate of drug-likeness (QED) is 0.787. The summed E-state index contributed by atoms with van der Waals surface area (Å²) in [5.41, 5.74) is 7.98. The molecule has 0 aromatic heterocycles. The van der Waals surface area contributed by atoms with Crippen LogP contribution in [0.15, 0.2) is 0 Å². The maximum atomic E-state index is 7.07. The molecule has 0 aromatic carbocycles. The van der Waals surface area contributed by atoms with Crippen molar-refractivity contribution in [1.82, 2.24) is 0 Å². The Labute approximate surface area is 135 Å². The Hall–Kier alpha value is 0.270. The largest absolute Gasteiger partial charge is 0.374 e. The maximum Gasteiger partial charge on any atom is 0.0783 e. The van der Waals surface area contributed by atoms with Gasteiger partial charge in [-0.05, 0) is 61.0 Å². The lowest BCUT2D eigenvalue weighted by molar-refractivity contribution is -0.108. The Kier molecular flexibility index (Phi) is 3.95. The van der Waals surface area contributed by atoms with Gasteiger partial charge in [-0.2, -0.15) is 11.8 Å². The molecule has 2 N–H and O–H groups in total. The Morgan fingerprint density at radius 1 is 1.05 bits per heavy atom. The van der Waals surface area contributed by atoms with Crippen LogP contribution in [0.3, 0.4) is 0 Å². The normalized spacial score (nSPS) is 41.3. The van der Waals surface area contributed by atoms with Gasteiger partial charge in [-0.1, -0.05) is 27.7 Å². The highest BCUT2D eigenvalue weighted by Crippen LogP contribution is 2.54. The molecule has 2 saturated heterocycles. The molecule has 1 aliphatic carbocycles. The van der Waals surface area contributed by atoms with Gasteiger partial charge in [0.2, 0.25) is 0 Å². The first kappa shape index (κ1) is 16.1. The second-order valence-corrected chi connectivity index (χ2v) is 10.7. The predicted molar refractivity (Wildman–Crippen MR) is 91.7 cm³/mol. The summed E-state index contributed by atoms with van der Waals surface area (Å²) in [6.07, 6.45) is 7.24. The number of nitrogens with two attached hydrogens (primary N) is 1. The van der Waals surface area contributed by atoms with Gasteiger partial charge >= 0.3 is 0 Å². The molecule has 3 heteroatoms. The van der Waals surface area contributed by atoms with E-state index in [-0.39, 0.29) is 11.1 Å². The zero-order chi connectivity index (χ0) is 15.4. The number of ether oxygens (including phenoxy) is 1. The summed E-state index contributed by atoms with van der Waals surface area (Å²) in [6, 6.07) is 0. The Morgan fingerprint density at radius 3 is 2.29 bits per heavy atom. The van der Waals surface area contributed by atoms with Crippen LogP contribution in [0.1, 0.15) is 66.2 Å². The topological polar surface area (TPSA) is 35.2 Å². The van der Waals surface area contributed by atoms with E-state index in [1.54, 1.807) is 0 Å². The van der Waals surface area contributed by atoms with E-state index in [0.717, 1.165) is 13.0 Å². The van der Waals surface area contributed by atoms with E-state index in [2.05, 4.69) is 39.5 Å². The lowest BCUT2D eigenvalue weighted by atomic mass is 9.54. The molecule has 3 rings (SSSR count). The third-order valence-electron chi connectivity index (χ3n) is 5.95. The third-order valence-corrected chi connectivity index (χ3v) is 7.17. The highest BCUT2D eigenvalue weighted by atomic mass is 32.2. The van der Waals surface area contributed by atoms with Crippen molar-refractivity contribution < 1.29 is 4.74 Å². The monoisotopic (exact) mass is 311 g/mol. The minimum atomic E-state index is 0.00921. The summed E-state index contributed by atoms with van der Waals surface area (Å²) in [5.74, 6) is 3.09. The fraction of sp³-hybridized carbons (Fsp3) is 1.00. The van der Waals surface area contributed by atoms with Crippen LogP contribution in [0, 0.1) is 16.7 Å². The van der Waals surface area contributed by atoms with Crippen molar-refractivity contribution in [1.29, 1.82) is 0 Å². The third kappa shape index (κ3) is 3.30. The molecule has 21 heavy (non-hydrogen) atoms. The van der Waals surface area contributed by atoms with E-state index in [4.69, 9.17) is 10.5 Å². The number of thioether (sulfide) groups is 1. The maximum absolute atomic E-state index is 7.07. The minimum Gasteiger partial charge on any atom is -0.374 e. The molecule has 1 saturated carbocycles. The van der Waals surface area contributed by atoms with Crippen LogP contribution in [0.4, 0.5) is 0 Å². The van der Waals surface area contributed by atoms with Gasteiger partial charge in [0.25, 0.3) is 0 Å². The molecule has 1 spiro atoms. The van der Waals surface area contributed by atoms with Crippen molar-refractivity contribution in [3.8, 4) is 0 Å². The average molecular weight is 312 g/mol. The van der Waals surface area contributed by atoms with Crippen LogP contribution in [-0.2, 0) is 4.74 Å². The Morgan fingerprint density at radius 2 is 1.71 bits per heavy atom. The SMILES string of the molecule is CC1(C)CC(C)(C)CC(N)(C2CCOC3(CCSC3)C2)C1. The molecule has 0 bridgehead atoms. The van der Waals surface area contributed by atoms with E-state index >= 15 is 0 Å². The van der Waals surface area contributed by atoms with Gasteiger partial charge in [-0.25, -0.2) is 0 Å². The van der Waals surface area contributed by atoms with Gasteiger partial charge in [0, 0.05) is 17.9 Å². The minimum absolute atomic E-state index is 0.00921. The lowest BCUT2D eigenvalue weighted by Gasteiger charge is -2.55. The van der Waals surface area contributed by atoms with Crippen molar-refractivity contribution in [3.05, 3.63) is 0 Å². The Bertz CT molecular complexity index is 382. The Balaban J connectivity index is 1.80. The van der Waals surface area contributed by atoms with Crippen LogP contribution < -0.4 is 5.73 Å². The summed E-state index contributed by atoms with van der Waals surface area (Å²) in [6.45, 7) is 10.6. The highest BCUT2D eigenvalue weighted by Gasteiger charge is 2.52. The average Bonchev–Trinajstić information content (AvgIpc) is 2.72. The second kappa shape index (κ2) is 5.14. The summed E-state index contributed by atoms with van der Waals surface area (Å²) in [4.78, 5) is 0. The van der Waals surface area contributed by atoms with E-state index in [9.17, 15) is 0 Å². The van der Waals surface area contributed by atoms with Gasteiger partial charge in [-0.15, -0.1) is 0 Å². The molecule has 0 amide bonds. The molecule has 2 heterocycles. The lowest BCUT2D eigenvalue weighted by Crippen LogP contribution is -2.59. The highest BCUT2D eigenvalue weighted by molar-refractivity contribution is 7.99. The second-order valence-electron chi connectivity index (χ2n) is 9.62. The van der Waals surface area contributed by atoms with Crippen LogP contribution in [0.5, 0.6) is 0 Å². The summed E-state index contributed by atoms with van der Waals surface area (Å²) in [7, 11) is 0. The molecule has 2 nitrogen and oxygen atoms in total. The van der Waals surface area contributed by atoms with Crippen LogP contribution >= 0.6 is 11.8 Å². The molecule has 0 radical (unpaired) electrons.